The normalized spacial score (nSPS) is 26.8. The minimum absolute atomic E-state index is 0.203. The van der Waals surface area contributed by atoms with Gasteiger partial charge in [-0.2, -0.15) is 5.10 Å². The molecule has 1 aromatic rings. The summed E-state index contributed by atoms with van der Waals surface area (Å²) in [6.45, 7) is 4.64. The third-order valence-electron chi connectivity index (χ3n) is 4.83. The second-order valence-electron chi connectivity index (χ2n) is 6.18. The number of hydrazone groups is 1. The maximum atomic E-state index is 11.8. The molecule has 4 nitrogen and oxygen atoms in total. The topological polar surface area (TPSA) is 54.4 Å². The van der Waals surface area contributed by atoms with Crippen LogP contribution < -0.4 is 5.43 Å². The maximum Gasteiger partial charge on any atom is 0.271 e. The predicted octanol–water partition coefficient (Wildman–Crippen LogP) is 2.79. The van der Waals surface area contributed by atoms with Crippen molar-refractivity contribution in [3.63, 3.8) is 0 Å². The Morgan fingerprint density at radius 1 is 1.45 bits per heavy atom. The van der Waals surface area contributed by atoms with E-state index in [2.05, 4.69) is 35.4 Å². The van der Waals surface area contributed by atoms with Crippen LogP contribution in [0.3, 0.4) is 0 Å². The van der Waals surface area contributed by atoms with Crippen molar-refractivity contribution in [2.75, 3.05) is 0 Å². The summed E-state index contributed by atoms with van der Waals surface area (Å²) in [7, 11) is 0. The molecule has 2 bridgehead atoms. The summed E-state index contributed by atoms with van der Waals surface area (Å²) in [4.78, 5) is 15.7. The molecule has 1 aromatic heterocycles. The Kier molecular flexibility index (Phi) is 3.16. The van der Waals surface area contributed by atoms with E-state index in [0.29, 0.717) is 16.9 Å². The van der Waals surface area contributed by atoms with Crippen molar-refractivity contribution in [3.8, 4) is 0 Å². The Balaban J connectivity index is 1.62. The zero-order chi connectivity index (χ0) is 14.2. The Hall–Kier alpha value is -1.97. The quantitative estimate of drug-likeness (QED) is 0.677. The van der Waals surface area contributed by atoms with Gasteiger partial charge in [-0.05, 0) is 47.8 Å². The van der Waals surface area contributed by atoms with Crippen molar-refractivity contribution in [1.29, 1.82) is 0 Å². The Bertz CT molecular complexity index is 575. The van der Waals surface area contributed by atoms with Crippen molar-refractivity contribution in [2.24, 2.45) is 22.4 Å². The fourth-order valence-electron chi connectivity index (χ4n) is 3.28. The van der Waals surface area contributed by atoms with Crippen molar-refractivity contribution >= 4 is 12.1 Å². The number of rotatable bonds is 3. The lowest BCUT2D eigenvalue weighted by molar-refractivity contribution is -0.00126. The number of aromatic nitrogens is 1. The first-order valence-corrected chi connectivity index (χ1v) is 7.02. The lowest BCUT2D eigenvalue weighted by Crippen LogP contribution is -2.48. The first kappa shape index (κ1) is 13.0. The predicted molar refractivity (Wildman–Crippen MR) is 78.3 cm³/mol. The number of fused-ring (bicyclic) bond motifs is 1. The van der Waals surface area contributed by atoms with Gasteiger partial charge in [-0.1, -0.05) is 19.9 Å². The molecule has 0 radical (unpaired) electrons. The maximum absolute atomic E-state index is 11.8. The third kappa shape index (κ3) is 2.15. The van der Waals surface area contributed by atoms with E-state index in [-0.39, 0.29) is 5.91 Å². The molecular weight excluding hydrogens is 250 g/mol. The molecule has 1 N–H and O–H groups in total. The largest absolute Gasteiger partial charge is 0.271 e. The van der Waals surface area contributed by atoms with E-state index in [0.717, 1.165) is 12.3 Å². The van der Waals surface area contributed by atoms with E-state index in [1.807, 2.05) is 0 Å². The SMILES string of the molecule is CC1(C)[C@H]2CC=C(C=NNC(=O)c3ccncc3)[C@H]1C2. The monoisotopic (exact) mass is 269 g/mol. The molecule has 3 aliphatic carbocycles. The van der Waals surface area contributed by atoms with Gasteiger partial charge in [0.05, 0.1) is 6.21 Å². The zero-order valence-electron chi connectivity index (χ0n) is 11.8. The van der Waals surface area contributed by atoms with Gasteiger partial charge in [-0.25, -0.2) is 5.43 Å². The van der Waals surface area contributed by atoms with Crippen LogP contribution in [0, 0.1) is 17.3 Å². The Labute approximate surface area is 119 Å². The standard InChI is InChI=1S/C16H19N3O/c1-16(2)13-4-3-12(14(16)9-13)10-18-19-15(20)11-5-7-17-8-6-11/h3,5-8,10,13-14H,4,9H2,1-2H3,(H,19,20)/t13-,14+/m0/s1. The van der Waals surface area contributed by atoms with Crippen LogP contribution in [0.4, 0.5) is 0 Å². The molecule has 1 saturated carbocycles. The van der Waals surface area contributed by atoms with E-state index in [4.69, 9.17) is 0 Å². The molecular formula is C16H19N3O. The smallest absolute Gasteiger partial charge is 0.267 e. The van der Waals surface area contributed by atoms with Crippen LogP contribution in [0.5, 0.6) is 0 Å². The number of hydrogen-bond donors (Lipinski definition) is 1. The number of carbonyl (C=O) groups is 1. The molecule has 0 unspecified atom stereocenters. The van der Waals surface area contributed by atoms with Crippen molar-refractivity contribution in [2.45, 2.75) is 26.7 Å². The van der Waals surface area contributed by atoms with Gasteiger partial charge < -0.3 is 0 Å². The third-order valence-corrected chi connectivity index (χ3v) is 4.83. The van der Waals surface area contributed by atoms with Gasteiger partial charge in [0, 0.05) is 18.0 Å². The number of nitrogens with zero attached hydrogens (tertiary/aromatic N) is 2. The summed E-state index contributed by atoms with van der Waals surface area (Å²) in [5.74, 6) is 1.20. The number of amides is 1. The fourth-order valence-corrected chi connectivity index (χ4v) is 3.28. The first-order valence-electron chi connectivity index (χ1n) is 7.02. The summed E-state index contributed by atoms with van der Waals surface area (Å²) < 4.78 is 0. The lowest BCUT2D eigenvalue weighted by atomic mass is 9.49. The van der Waals surface area contributed by atoms with Gasteiger partial charge in [0.15, 0.2) is 0 Å². The number of pyridine rings is 1. The summed E-state index contributed by atoms with van der Waals surface area (Å²) in [5.41, 5.74) is 4.78. The average Bonchev–Trinajstić information content (AvgIpc) is 2.48. The van der Waals surface area contributed by atoms with Crippen molar-refractivity contribution in [1.82, 2.24) is 10.4 Å². The molecule has 1 heterocycles. The zero-order valence-corrected chi connectivity index (χ0v) is 11.8. The van der Waals surface area contributed by atoms with Crippen LogP contribution >= 0.6 is 0 Å². The highest BCUT2D eigenvalue weighted by Crippen LogP contribution is 2.58. The molecule has 104 valence electrons. The molecule has 0 aliphatic heterocycles. The number of hydrogen-bond acceptors (Lipinski definition) is 3. The highest BCUT2D eigenvalue weighted by atomic mass is 16.2. The second-order valence-corrected chi connectivity index (χ2v) is 6.18. The number of carbonyl (C=O) groups excluding carboxylic acids is 1. The van der Waals surface area contributed by atoms with Crippen molar-refractivity contribution in [3.05, 3.63) is 41.7 Å². The minimum atomic E-state index is -0.203. The van der Waals surface area contributed by atoms with Crippen molar-refractivity contribution < 1.29 is 4.79 Å². The Morgan fingerprint density at radius 3 is 2.85 bits per heavy atom. The molecule has 0 saturated heterocycles. The van der Waals surface area contributed by atoms with Crippen LogP contribution in [0.2, 0.25) is 0 Å². The second kappa shape index (κ2) is 4.85. The summed E-state index contributed by atoms with van der Waals surface area (Å²) in [6.07, 6.45) is 9.64. The van der Waals surface area contributed by atoms with E-state index in [9.17, 15) is 4.79 Å². The summed E-state index contributed by atoms with van der Waals surface area (Å²) >= 11 is 0. The molecule has 4 heteroatoms. The fraction of sp³-hybridized carbons (Fsp3) is 0.438. The molecule has 2 atom stereocenters. The number of allylic oxidation sites excluding steroid dienone is 2. The Morgan fingerprint density at radius 2 is 2.20 bits per heavy atom. The molecule has 4 rings (SSSR count). The van der Waals surface area contributed by atoms with Gasteiger partial charge in [0.1, 0.15) is 0 Å². The van der Waals surface area contributed by atoms with Crippen LogP contribution in [-0.2, 0) is 0 Å². The lowest BCUT2D eigenvalue weighted by Gasteiger charge is -2.55. The van der Waals surface area contributed by atoms with E-state index >= 15 is 0 Å². The molecule has 3 aliphatic rings. The minimum Gasteiger partial charge on any atom is -0.267 e. The van der Waals surface area contributed by atoms with Crippen LogP contribution in [0.25, 0.3) is 0 Å². The van der Waals surface area contributed by atoms with Crippen LogP contribution in [0.15, 0.2) is 41.3 Å². The molecule has 1 amide bonds. The summed E-state index contributed by atoms with van der Waals surface area (Å²) in [5, 5.41) is 4.10. The van der Waals surface area contributed by atoms with E-state index in [1.165, 1.54) is 12.0 Å². The number of nitrogens with one attached hydrogen (secondary N) is 1. The molecule has 20 heavy (non-hydrogen) atoms. The average molecular weight is 269 g/mol. The van der Waals surface area contributed by atoms with Crippen LogP contribution in [0.1, 0.15) is 37.0 Å². The molecule has 0 aromatic carbocycles. The van der Waals surface area contributed by atoms with Gasteiger partial charge in [-0.15, -0.1) is 0 Å². The molecule has 1 fully saturated rings. The van der Waals surface area contributed by atoms with Gasteiger partial charge in [0.2, 0.25) is 0 Å². The molecule has 0 spiro atoms. The van der Waals surface area contributed by atoms with E-state index < -0.39 is 0 Å². The first-order chi connectivity index (χ1) is 9.59. The van der Waals surface area contributed by atoms with Gasteiger partial charge >= 0.3 is 0 Å². The summed E-state index contributed by atoms with van der Waals surface area (Å²) in [6, 6.07) is 3.34. The highest BCUT2D eigenvalue weighted by molar-refractivity contribution is 5.94. The van der Waals surface area contributed by atoms with Crippen LogP contribution in [-0.4, -0.2) is 17.1 Å². The van der Waals surface area contributed by atoms with Gasteiger partial charge in [0.25, 0.3) is 5.91 Å². The highest BCUT2D eigenvalue weighted by Gasteiger charge is 2.50. The van der Waals surface area contributed by atoms with Gasteiger partial charge in [-0.3, -0.25) is 9.78 Å². The van der Waals surface area contributed by atoms with E-state index in [1.54, 1.807) is 30.7 Å².